The second-order valence-electron chi connectivity index (χ2n) is 31.4. The van der Waals surface area contributed by atoms with Crippen molar-refractivity contribution in [1.82, 2.24) is 0 Å². The fraction of sp³-hybridized carbons (Fsp3) is 0.952. The van der Waals surface area contributed by atoms with Crippen LogP contribution in [0.25, 0.3) is 0 Å². The average Bonchev–Trinajstić information content (AvgIpc) is 0.932. The van der Waals surface area contributed by atoms with Crippen LogP contribution in [0.15, 0.2) is 0 Å². The highest BCUT2D eigenvalue weighted by Crippen LogP contribution is 2.45. The van der Waals surface area contributed by atoms with E-state index in [1.54, 1.807) is 0 Å². The first-order valence-corrected chi connectivity index (χ1v) is 46.3. The molecule has 103 heavy (non-hydrogen) atoms. The number of phosphoric acid groups is 2. The Labute approximate surface area is 632 Å². The quantitative estimate of drug-likeness (QED) is 0.0222. The lowest BCUT2D eigenvalue weighted by Gasteiger charge is -2.21. The first kappa shape index (κ1) is 101. The summed E-state index contributed by atoms with van der Waals surface area (Å²) < 4.78 is 68.8. The van der Waals surface area contributed by atoms with Crippen molar-refractivity contribution in [2.45, 2.75) is 453 Å². The molecule has 0 bridgehead atoms. The van der Waals surface area contributed by atoms with Crippen molar-refractivity contribution >= 4 is 39.5 Å². The van der Waals surface area contributed by atoms with Crippen molar-refractivity contribution in [3.63, 3.8) is 0 Å². The second-order valence-corrected chi connectivity index (χ2v) is 34.3. The lowest BCUT2D eigenvalue weighted by Crippen LogP contribution is -2.30. The van der Waals surface area contributed by atoms with E-state index in [4.69, 9.17) is 37.0 Å². The van der Waals surface area contributed by atoms with Gasteiger partial charge in [0, 0.05) is 25.7 Å². The van der Waals surface area contributed by atoms with Crippen molar-refractivity contribution in [1.29, 1.82) is 0 Å². The molecule has 0 aliphatic heterocycles. The van der Waals surface area contributed by atoms with Crippen molar-refractivity contribution in [2.75, 3.05) is 39.6 Å². The maximum atomic E-state index is 13.1. The Hall–Kier alpha value is -1.94. The standard InChI is InChI=1S/C84H164O17P2/c1-9-75(6)61-53-45-36-30-24-20-16-14-12-13-15-17-22-26-34-40-50-58-67-84(89)101-80(71-95-82(87)65-57-49-43-42-44-52-60-74(4)5)73-99-103(92,93)97-69-78(85)68-96-102(90,91)98-72-79(70-94-81(86)64-56-48-39-33-29-28-32-38-47-55-63-77(8)11-3)100-83(88)66-59-51-41-35-27-23-19-18-21-25-31-37-46-54-62-76(7)10-2/h74-80,85H,9-73H2,1-8H3,(H,90,91)(H,92,93)/t75?,76?,77?,78-,79-,80-/m1/s1. The fourth-order valence-electron chi connectivity index (χ4n) is 12.9. The lowest BCUT2D eigenvalue weighted by atomic mass is 9.99. The number of rotatable bonds is 81. The predicted molar refractivity (Wildman–Crippen MR) is 423 cm³/mol. The number of ether oxygens (including phenoxy) is 4. The van der Waals surface area contributed by atoms with E-state index in [1.807, 2.05) is 0 Å². The second kappa shape index (κ2) is 72.9. The molecule has 0 aliphatic rings. The zero-order valence-corrected chi connectivity index (χ0v) is 69.7. The van der Waals surface area contributed by atoms with Gasteiger partial charge >= 0.3 is 39.5 Å². The van der Waals surface area contributed by atoms with E-state index in [1.165, 1.54) is 231 Å². The Morgan fingerprint density at radius 3 is 0.689 bits per heavy atom. The monoisotopic (exact) mass is 1510 g/mol. The van der Waals surface area contributed by atoms with Gasteiger partial charge in [0.05, 0.1) is 26.4 Å². The van der Waals surface area contributed by atoms with Gasteiger partial charge in [0.2, 0.25) is 0 Å². The van der Waals surface area contributed by atoms with Gasteiger partial charge < -0.3 is 33.8 Å². The summed E-state index contributed by atoms with van der Waals surface area (Å²) in [5, 5.41) is 10.7. The Balaban J connectivity index is 5.19. The summed E-state index contributed by atoms with van der Waals surface area (Å²) in [6.45, 7) is 14.3. The van der Waals surface area contributed by atoms with E-state index in [2.05, 4.69) is 55.4 Å². The molecule has 0 amide bonds. The van der Waals surface area contributed by atoms with Crippen LogP contribution in [0.3, 0.4) is 0 Å². The summed E-state index contributed by atoms with van der Waals surface area (Å²) >= 11 is 0. The first-order valence-electron chi connectivity index (χ1n) is 43.3. The number of hydrogen-bond donors (Lipinski definition) is 3. The van der Waals surface area contributed by atoms with Gasteiger partial charge in [-0.25, -0.2) is 9.13 Å². The van der Waals surface area contributed by atoms with E-state index < -0.39 is 97.5 Å². The summed E-state index contributed by atoms with van der Waals surface area (Å²) in [5.74, 6) is 1.09. The molecule has 0 radical (unpaired) electrons. The number of aliphatic hydroxyl groups is 1. The molecule has 612 valence electrons. The smallest absolute Gasteiger partial charge is 0.462 e. The van der Waals surface area contributed by atoms with Crippen LogP contribution in [0, 0.1) is 23.7 Å². The van der Waals surface area contributed by atoms with Crippen molar-refractivity contribution in [2.24, 2.45) is 23.7 Å². The molecule has 5 unspecified atom stereocenters. The molecule has 0 spiro atoms. The molecule has 0 aliphatic carbocycles. The van der Waals surface area contributed by atoms with Gasteiger partial charge in [-0.15, -0.1) is 0 Å². The van der Waals surface area contributed by atoms with Crippen LogP contribution in [-0.4, -0.2) is 96.7 Å². The number of esters is 4. The average molecular weight is 1510 g/mol. The molecular weight excluding hydrogens is 1340 g/mol. The minimum absolute atomic E-state index is 0.107. The third-order valence-electron chi connectivity index (χ3n) is 20.7. The van der Waals surface area contributed by atoms with E-state index in [0.29, 0.717) is 31.6 Å². The molecule has 19 heteroatoms. The SMILES string of the molecule is CCC(C)CCCCCCCCCCCCCCCCCCCCC(=O)O[C@H](COC(=O)CCCCCCCCC(C)C)COP(=O)(O)OC[C@H](O)COP(=O)(O)OC[C@@H](COC(=O)CCCCCCCCCCCCC(C)CC)OC(=O)CCCCCCCCCCCCCCCCC(C)CC. The van der Waals surface area contributed by atoms with Gasteiger partial charge in [-0.2, -0.15) is 0 Å². The molecular formula is C84H164O17P2. The number of carbonyl (C=O) groups is 4. The van der Waals surface area contributed by atoms with Crippen molar-refractivity contribution < 1.29 is 80.2 Å². The lowest BCUT2D eigenvalue weighted by molar-refractivity contribution is -0.161. The molecule has 0 fully saturated rings. The topological polar surface area (TPSA) is 237 Å². The molecule has 0 rings (SSSR count). The number of phosphoric ester groups is 2. The molecule has 0 aromatic carbocycles. The minimum atomic E-state index is -4.96. The Morgan fingerprint density at radius 1 is 0.272 bits per heavy atom. The zero-order chi connectivity index (χ0) is 76.0. The minimum Gasteiger partial charge on any atom is -0.462 e. The normalized spacial score (nSPS) is 14.8. The van der Waals surface area contributed by atoms with E-state index >= 15 is 0 Å². The van der Waals surface area contributed by atoms with Crippen LogP contribution in [-0.2, 0) is 65.4 Å². The largest absolute Gasteiger partial charge is 0.472 e. The number of carbonyl (C=O) groups excluding carboxylic acids is 4. The molecule has 0 aromatic rings. The molecule has 3 N–H and O–H groups in total. The number of hydrogen-bond acceptors (Lipinski definition) is 15. The first-order chi connectivity index (χ1) is 49.7. The van der Waals surface area contributed by atoms with Crippen molar-refractivity contribution in [3.05, 3.63) is 0 Å². The van der Waals surface area contributed by atoms with Crippen molar-refractivity contribution in [3.8, 4) is 0 Å². The van der Waals surface area contributed by atoms with Gasteiger partial charge in [-0.1, -0.05) is 383 Å². The molecule has 8 atom stereocenters. The maximum absolute atomic E-state index is 13.1. The van der Waals surface area contributed by atoms with E-state index in [0.717, 1.165) is 114 Å². The van der Waals surface area contributed by atoms with Gasteiger partial charge in [0.25, 0.3) is 0 Å². The molecule has 0 aromatic heterocycles. The Morgan fingerprint density at radius 2 is 0.466 bits per heavy atom. The van der Waals surface area contributed by atoms with Gasteiger partial charge in [-0.05, 0) is 49.4 Å². The third-order valence-corrected chi connectivity index (χ3v) is 22.6. The maximum Gasteiger partial charge on any atom is 0.472 e. The number of unbranched alkanes of at least 4 members (excludes halogenated alkanes) is 44. The summed E-state index contributed by atoms with van der Waals surface area (Å²) in [6.07, 6.45) is 61.1. The highest BCUT2D eigenvalue weighted by Gasteiger charge is 2.30. The summed E-state index contributed by atoms with van der Waals surface area (Å²) in [4.78, 5) is 73.1. The van der Waals surface area contributed by atoms with Gasteiger partial charge in [0.15, 0.2) is 12.2 Å². The molecule has 0 saturated heterocycles. The van der Waals surface area contributed by atoms with Crippen LogP contribution < -0.4 is 0 Å². The highest BCUT2D eigenvalue weighted by atomic mass is 31.2. The number of aliphatic hydroxyl groups excluding tert-OH is 1. The third kappa shape index (κ3) is 74.0. The van der Waals surface area contributed by atoms with E-state index in [-0.39, 0.29) is 25.7 Å². The van der Waals surface area contributed by atoms with Crippen LogP contribution in [0.4, 0.5) is 0 Å². The van der Waals surface area contributed by atoms with Crippen LogP contribution in [0.1, 0.15) is 434 Å². The Kier molecular flexibility index (Phi) is 71.5. The predicted octanol–water partition coefficient (Wildman–Crippen LogP) is 25.2. The highest BCUT2D eigenvalue weighted by molar-refractivity contribution is 7.47. The zero-order valence-electron chi connectivity index (χ0n) is 68.0. The molecule has 0 saturated carbocycles. The van der Waals surface area contributed by atoms with Crippen LogP contribution in [0.2, 0.25) is 0 Å². The summed E-state index contributed by atoms with van der Waals surface area (Å²) in [6, 6.07) is 0. The van der Waals surface area contributed by atoms with Gasteiger partial charge in [-0.3, -0.25) is 37.3 Å². The molecule has 17 nitrogen and oxygen atoms in total. The van der Waals surface area contributed by atoms with Crippen LogP contribution >= 0.6 is 15.6 Å². The molecule has 0 heterocycles. The van der Waals surface area contributed by atoms with Gasteiger partial charge in [0.1, 0.15) is 19.3 Å². The summed E-state index contributed by atoms with van der Waals surface area (Å²) in [7, 11) is -9.93. The Bertz CT molecular complexity index is 2010. The summed E-state index contributed by atoms with van der Waals surface area (Å²) in [5.41, 5.74) is 0. The fourth-order valence-corrected chi connectivity index (χ4v) is 14.4. The van der Waals surface area contributed by atoms with E-state index in [9.17, 15) is 43.2 Å². The van der Waals surface area contributed by atoms with Crippen LogP contribution in [0.5, 0.6) is 0 Å².